The summed E-state index contributed by atoms with van der Waals surface area (Å²) in [7, 11) is 0. The lowest BCUT2D eigenvalue weighted by molar-refractivity contribution is 0.289. The summed E-state index contributed by atoms with van der Waals surface area (Å²) in [5.41, 5.74) is 5.92. The number of hydrogen-bond donors (Lipinski definition) is 1. The largest absolute Gasteiger partial charge is 0.464 e. The minimum Gasteiger partial charge on any atom is -0.464 e. The smallest absolute Gasteiger partial charge is 0.134 e. The molecular weight excluding hydrogens is 272 g/mol. The Morgan fingerprint density at radius 2 is 1.82 bits per heavy atom. The van der Waals surface area contributed by atoms with Crippen LogP contribution in [0.15, 0.2) is 53.1 Å². The van der Waals surface area contributed by atoms with Crippen molar-refractivity contribution in [2.24, 2.45) is 0 Å². The summed E-state index contributed by atoms with van der Waals surface area (Å²) in [5.74, 6) is 0. The van der Waals surface area contributed by atoms with Crippen molar-refractivity contribution in [1.29, 1.82) is 0 Å². The van der Waals surface area contributed by atoms with Crippen molar-refractivity contribution in [1.82, 2.24) is 0 Å². The number of aliphatic hydroxyl groups excluding tert-OH is 1. The third-order valence-corrected chi connectivity index (χ3v) is 4.41. The molecule has 1 N–H and O–H groups in total. The summed E-state index contributed by atoms with van der Waals surface area (Å²) in [6.45, 7) is 2.32. The molecule has 22 heavy (non-hydrogen) atoms. The van der Waals surface area contributed by atoms with Crippen molar-refractivity contribution >= 4 is 21.7 Å². The Bertz CT molecular complexity index is 933. The van der Waals surface area contributed by atoms with Crippen molar-refractivity contribution < 1.29 is 9.52 Å². The molecule has 2 aromatic carbocycles. The van der Waals surface area contributed by atoms with Gasteiger partial charge in [-0.25, -0.2) is 0 Å². The average molecular weight is 290 g/mol. The van der Waals surface area contributed by atoms with Gasteiger partial charge in [0, 0.05) is 23.1 Å². The van der Waals surface area contributed by atoms with Gasteiger partial charge in [0.2, 0.25) is 0 Å². The fourth-order valence-electron chi connectivity index (χ4n) is 3.42. The predicted octanol–water partition coefficient (Wildman–Crippen LogP) is 4.92. The van der Waals surface area contributed by atoms with Crippen LogP contribution in [0.4, 0.5) is 0 Å². The van der Waals surface area contributed by atoms with Crippen LogP contribution in [0.2, 0.25) is 0 Å². The second-order valence-electron chi connectivity index (χ2n) is 5.88. The second-order valence-corrected chi connectivity index (χ2v) is 5.88. The summed E-state index contributed by atoms with van der Waals surface area (Å²) in [6.07, 6.45) is 3.54. The number of fused-ring (bicyclic) bond motifs is 5. The van der Waals surface area contributed by atoms with Crippen molar-refractivity contribution in [2.45, 2.75) is 19.8 Å². The Balaban J connectivity index is 2.15. The summed E-state index contributed by atoms with van der Waals surface area (Å²) < 4.78 is 5.86. The van der Waals surface area contributed by atoms with E-state index < -0.39 is 0 Å². The monoisotopic (exact) mass is 290 g/mol. The maximum absolute atomic E-state index is 9.25. The highest BCUT2D eigenvalue weighted by atomic mass is 16.3. The molecule has 0 saturated heterocycles. The van der Waals surface area contributed by atoms with E-state index in [1.165, 1.54) is 38.4 Å². The van der Waals surface area contributed by atoms with Gasteiger partial charge in [-0.15, -0.1) is 0 Å². The fourth-order valence-corrected chi connectivity index (χ4v) is 3.42. The first-order chi connectivity index (χ1) is 10.8. The van der Waals surface area contributed by atoms with E-state index in [2.05, 4.69) is 43.3 Å². The molecular formula is C20H18O2. The van der Waals surface area contributed by atoms with Crippen LogP contribution in [0.25, 0.3) is 32.9 Å². The number of aryl methyl sites for hydroxylation is 2. The summed E-state index contributed by atoms with van der Waals surface area (Å²) in [5, 5.41) is 12.9. The zero-order chi connectivity index (χ0) is 15.1. The zero-order valence-electron chi connectivity index (χ0n) is 12.6. The van der Waals surface area contributed by atoms with Gasteiger partial charge in [0.05, 0.1) is 6.26 Å². The molecule has 0 amide bonds. The van der Waals surface area contributed by atoms with Crippen LogP contribution in [0, 0.1) is 6.92 Å². The van der Waals surface area contributed by atoms with E-state index in [4.69, 9.17) is 4.42 Å². The molecule has 0 saturated carbocycles. The van der Waals surface area contributed by atoms with E-state index in [1.807, 2.05) is 12.3 Å². The molecule has 0 fully saturated rings. The van der Waals surface area contributed by atoms with Gasteiger partial charge in [-0.3, -0.25) is 0 Å². The normalized spacial score (nSPS) is 11.7. The Morgan fingerprint density at radius 3 is 2.64 bits per heavy atom. The van der Waals surface area contributed by atoms with E-state index in [-0.39, 0.29) is 6.61 Å². The molecule has 2 nitrogen and oxygen atoms in total. The summed E-state index contributed by atoms with van der Waals surface area (Å²) in [4.78, 5) is 0. The van der Waals surface area contributed by atoms with Crippen LogP contribution in [0.5, 0.6) is 0 Å². The van der Waals surface area contributed by atoms with Gasteiger partial charge in [-0.1, -0.05) is 35.9 Å². The van der Waals surface area contributed by atoms with Gasteiger partial charge in [-0.2, -0.15) is 0 Å². The van der Waals surface area contributed by atoms with Crippen molar-refractivity contribution in [3.63, 3.8) is 0 Å². The molecule has 0 unspecified atom stereocenters. The van der Waals surface area contributed by atoms with Crippen LogP contribution in [0.3, 0.4) is 0 Å². The summed E-state index contributed by atoms with van der Waals surface area (Å²) in [6, 6.07) is 14.8. The van der Waals surface area contributed by atoms with Gasteiger partial charge in [0.25, 0.3) is 0 Å². The van der Waals surface area contributed by atoms with Crippen molar-refractivity contribution in [3.8, 4) is 11.1 Å². The highest BCUT2D eigenvalue weighted by molar-refractivity contribution is 6.12. The molecule has 1 aliphatic carbocycles. The minimum atomic E-state index is 0.217. The molecule has 0 radical (unpaired) electrons. The maximum Gasteiger partial charge on any atom is 0.134 e. The van der Waals surface area contributed by atoms with Crippen molar-refractivity contribution in [2.75, 3.05) is 6.61 Å². The zero-order valence-corrected chi connectivity index (χ0v) is 12.6. The number of aliphatic hydroxyl groups is 1. The van der Waals surface area contributed by atoms with Crippen LogP contribution >= 0.6 is 0 Å². The number of hydrogen-bond acceptors (Lipinski definition) is 2. The van der Waals surface area contributed by atoms with E-state index in [1.54, 1.807) is 0 Å². The third kappa shape index (κ3) is 1.92. The molecule has 4 rings (SSSR count). The van der Waals surface area contributed by atoms with E-state index in [9.17, 15) is 5.11 Å². The lowest BCUT2D eigenvalue weighted by Crippen LogP contribution is -1.91. The first kappa shape index (κ1) is 13.4. The average Bonchev–Trinajstić information content (AvgIpc) is 2.87. The highest BCUT2D eigenvalue weighted by Crippen LogP contribution is 2.43. The number of rotatable bonds is 3. The van der Waals surface area contributed by atoms with Crippen LogP contribution in [-0.4, -0.2) is 11.7 Å². The van der Waals surface area contributed by atoms with Crippen LogP contribution in [0.1, 0.15) is 17.5 Å². The minimum absolute atomic E-state index is 0.217. The van der Waals surface area contributed by atoms with Gasteiger partial charge in [0.15, 0.2) is 0 Å². The topological polar surface area (TPSA) is 33.4 Å². The molecule has 0 atom stereocenters. The van der Waals surface area contributed by atoms with E-state index in [0.717, 1.165) is 18.4 Å². The molecule has 0 aromatic heterocycles. The van der Waals surface area contributed by atoms with E-state index >= 15 is 0 Å². The third-order valence-electron chi connectivity index (χ3n) is 4.41. The van der Waals surface area contributed by atoms with Crippen LogP contribution < -0.4 is 0 Å². The number of benzene rings is 2. The van der Waals surface area contributed by atoms with Crippen LogP contribution in [-0.2, 0) is 6.42 Å². The lowest BCUT2D eigenvalue weighted by atomic mass is 9.98. The highest BCUT2D eigenvalue weighted by Gasteiger charge is 2.20. The standard InChI is InChI=1S/C20H18O2/c1-13-8-9-19-17(11-13)20-16(7-4-10-21)14-5-2-3-6-15(14)18(20)12-22-19/h2-3,5-6,8-9,11-12,21H,4,7,10H2,1H3. The van der Waals surface area contributed by atoms with Gasteiger partial charge in [-0.05, 0) is 48.2 Å². The molecule has 1 heterocycles. The van der Waals surface area contributed by atoms with Gasteiger partial charge >= 0.3 is 0 Å². The summed E-state index contributed by atoms with van der Waals surface area (Å²) >= 11 is 0. The Morgan fingerprint density at radius 1 is 1.00 bits per heavy atom. The first-order valence-corrected chi connectivity index (χ1v) is 7.71. The first-order valence-electron chi connectivity index (χ1n) is 7.71. The predicted molar refractivity (Wildman–Crippen MR) is 90.5 cm³/mol. The SMILES string of the molecule is Cc1ccc2occ3c4ccccc4c(CCCO)c-3c2c1. The second kappa shape index (κ2) is 5.15. The Hall–Kier alpha value is -2.32. The molecule has 2 aliphatic rings. The molecule has 2 aromatic rings. The van der Waals surface area contributed by atoms with Gasteiger partial charge in [0.1, 0.15) is 5.58 Å². The maximum atomic E-state index is 9.25. The molecule has 2 heteroatoms. The molecule has 110 valence electrons. The molecule has 0 spiro atoms. The van der Waals surface area contributed by atoms with Crippen molar-refractivity contribution in [3.05, 3.63) is 59.9 Å². The fraction of sp³-hybridized carbons (Fsp3) is 0.200. The Kier molecular flexibility index (Phi) is 3.12. The van der Waals surface area contributed by atoms with Gasteiger partial charge < -0.3 is 9.52 Å². The van der Waals surface area contributed by atoms with E-state index in [0.29, 0.717) is 0 Å². The Labute approximate surface area is 129 Å². The quantitative estimate of drug-likeness (QED) is 0.580. The molecule has 1 aliphatic heterocycles. The lowest BCUT2D eigenvalue weighted by Gasteiger charge is -2.09. The molecule has 0 bridgehead atoms.